The molecule has 13 heteroatoms. The first-order valence-electron chi connectivity index (χ1n) is 8.97. The van der Waals surface area contributed by atoms with E-state index in [1.165, 1.54) is 11.1 Å². The maximum atomic E-state index is 9.87. The summed E-state index contributed by atoms with van der Waals surface area (Å²) >= 11 is 0. The van der Waals surface area contributed by atoms with Gasteiger partial charge in [-0.1, -0.05) is 55.8 Å². The van der Waals surface area contributed by atoms with Crippen molar-refractivity contribution in [1.29, 1.82) is 0 Å². The molecule has 2 heterocycles. The minimum atomic E-state index is -10.7. The summed E-state index contributed by atoms with van der Waals surface area (Å²) in [4.78, 5) is 8.01. The number of azo groups is 1. The smallest absolute Gasteiger partial charge is 1.00 e. The molecule has 1 aromatic carbocycles. The summed E-state index contributed by atoms with van der Waals surface area (Å²) in [6, 6.07) is 19.7. The van der Waals surface area contributed by atoms with Crippen LogP contribution in [0.3, 0.4) is 0 Å². The van der Waals surface area contributed by atoms with E-state index in [0.29, 0.717) is 17.6 Å². The van der Waals surface area contributed by atoms with Crippen molar-refractivity contribution >= 4 is 19.4 Å². The van der Waals surface area contributed by atoms with E-state index in [9.17, 15) is 25.2 Å². The van der Waals surface area contributed by atoms with E-state index >= 15 is 0 Å². The SMILES string of the molecule is Cc1ccc(C(C)C)cc1.F[P-](F)(F)(F)(F)F.[I-].[Os+4].c1ccc(/N=N/c2ccccn2)nc1. The minimum absolute atomic E-state index is 0. The molecule has 0 fully saturated rings. The topological polar surface area (TPSA) is 50.5 Å². The predicted octanol–water partition coefficient (Wildman–Crippen LogP) is 6.39. The Morgan fingerprint density at radius 3 is 1.33 bits per heavy atom. The van der Waals surface area contributed by atoms with Crippen molar-refractivity contribution in [3.05, 3.63) is 84.2 Å². The van der Waals surface area contributed by atoms with E-state index in [1.807, 2.05) is 24.3 Å². The summed E-state index contributed by atoms with van der Waals surface area (Å²) < 4.78 is 59.2. The van der Waals surface area contributed by atoms with Crippen molar-refractivity contribution in [2.45, 2.75) is 26.7 Å². The maximum Gasteiger partial charge on any atom is 4.00 e. The molecule has 0 radical (unpaired) electrons. The van der Waals surface area contributed by atoms with Crippen molar-refractivity contribution in [2.24, 2.45) is 10.2 Å². The molecular formula is C20H22F6IN4OsP+2. The van der Waals surface area contributed by atoms with Crippen LogP contribution in [0, 0.1) is 6.92 Å². The van der Waals surface area contributed by atoms with Gasteiger partial charge in [0.05, 0.1) is 0 Å². The zero-order chi connectivity index (χ0) is 23.6. The molecule has 3 rings (SSSR count). The molecule has 0 amide bonds. The van der Waals surface area contributed by atoms with E-state index in [0.717, 1.165) is 0 Å². The maximum absolute atomic E-state index is 10.7. The van der Waals surface area contributed by atoms with Crippen molar-refractivity contribution in [1.82, 2.24) is 9.97 Å². The van der Waals surface area contributed by atoms with E-state index < -0.39 is 7.81 Å². The molecule has 0 saturated carbocycles. The standard InChI is InChI=1S/C10H8N4.C10H14.F6P.HI.Os/c1-3-7-11-9(5-1)13-14-10-6-2-4-8-12-10;1-8(2)10-6-4-9(3)5-7-10;1-7(2,3,4,5)6;;/h1-8H;4-8H,1-3H3;;1H;/q;;-1;;+4/p-1/b14-13+;;;;. The molecule has 33 heavy (non-hydrogen) atoms. The van der Waals surface area contributed by atoms with Crippen molar-refractivity contribution in [2.75, 3.05) is 0 Å². The van der Waals surface area contributed by atoms with E-state index in [4.69, 9.17) is 0 Å². The Bertz CT molecular complexity index is 906. The molecule has 2 aromatic heterocycles. The van der Waals surface area contributed by atoms with Crippen LogP contribution in [0.15, 0.2) is 83.3 Å². The monoisotopic (exact) mass is 782 g/mol. The molecule has 0 atom stereocenters. The van der Waals surface area contributed by atoms with Gasteiger partial charge >= 0.3 is 52.8 Å². The Morgan fingerprint density at radius 2 is 1.06 bits per heavy atom. The van der Waals surface area contributed by atoms with Gasteiger partial charge in [0.25, 0.3) is 0 Å². The molecular weight excluding hydrogens is 758 g/mol. The number of benzene rings is 1. The molecule has 0 aliphatic carbocycles. The Labute approximate surface area is 218 Å². The van der Waals surface area contributed by atoms with Crippen LogP contribution in [0.5, 0.6) is 0 Å². The van der Waals surface area contributed by atoms with Gasteiger partial charge in [-0.15, -0.1) is 10.2 Å². The zero-order valence-electron chi connectivity index (χ0n) is 17.7. The van der Waals surface area contributed by atoms with E-state index in [1.54, 1.807) is 24.5 Å². The van der Waals surface area contributed by atoms with Gasteiger partial charge in [-0.3, -0.25) is 0 Å². The Morgan fingerprint density at radius 1 is 0.697 bits per heavy atom. The molecule has 3 aromatic rings. The third-order valence-electron chi connectivity index (χ3n) is 3.30. The molecule has 0 saturated heterocycles. The Kier molecular flexibility index (Phi) is 13.7. The summed E-state index contributed by atoms with van der Waals surface area (Å²) in [6.07, 6.45) is 3.35. The second-order valence-electron chi connectivity index (χ2n) is 6.60. The largest absolute Gasteiger partial charge is 4.00 e. The molecule has 182 valence electrons. The van der Waals surface area contributed by atoms with Gasteiger partial charge in [-0.2, -0.15) is 0 Å². The van der Waals surface area contributed by atoms with Gasteiger partial charge in [-0.25, -0.2) is 9.97 Å². The second kappa shape index (κ2) is 13.4. The number of nitrogens with zero attached hydrogens (tertiary/aromatic N) is 4. The van der Waals surface area contributed by atoms with Crippen LogP contribution in [-0.2, 0) is 19.8 Å². The van der Waals surface area contributed by atoms with Crippen LogP contribution < -0.4 is 24.0 Å². The second-order valence-corrected chi connectivity index (χ2v) is 8.52. The van der Waals surface area contributed by atoms with Gasteiger partial charge < -0.3 is 24.0 Å². The number of aromatic nitrogens is 2. The fourth-order valence-electron chi connectivity index (χ4n) is 1.88. The van der Waals surface area contributed by atoms with Crippen molar-refractivity contribution in [3.8, 4) is 0 Å². The van der Waals surface area contributed by atoms with Gasteiger partial charge in [0.2, 0.25) is 0 Å². The minimum Gasteiger partial charge on any atom is -1.00 e. The van der Waals surface area contributed by atoms with Gasteiger partial charge in [0.1, 0.15) is 0 Å². The zero-order valence-corrected chi connectivity index (χ0v) is 23.3. The number of pyridine rings is 2. The van der Waals surface area contributed by atoms with Crippen molar-refractivity contribution < 1.29 is 68.9 Å². The van der Waals surface area contributed by atoms with Crippen LogP contribution in [0.2, 0.25) is 0 Å². The summed E-state index contributed by atoms with van der Waals surface area (Å²) in [6.45, 7) is 6.54. The van der Waals surface area contributed by atoms with Crippen LogP contribution in [0.25, 0.3) is 0 Å². The number of hydrogen-bond acceptors (Lipinski definition) is 4. The fourth-order valence-corrected chi connectivity index (χ4v) is 1.88. The first-order chi connectivity index (χ1) is 14.1. The van der Waals surface area contributed by atoms with Crippen LogP contribution >= 0.6 is 7.81 Å². The quantitative estimate of drug-likeness (QED) is 0.134. The van der Waals surface area contributed by atoms with Crippen LogP contribution in [0.1, 0.15) is 30.9 Å². The Hall–Kier alpha value is -1.50. The van der Waals surface area contributed by atoms with Gasteiger partial charge in [-0.05, 0) is 42.7 Å². The molecule has 0 unspecified atom stereocenters. The average Bonchev–Trinajstić information content (AvgIpc) is 2.66. The van der Waals surface area contributed by atoms with Crippen LogP contribution in [-0.4, -0.2) is 9.97 Å². The summed E-state index contributed by atoms with van der Waals surface area (Å²) in [7, 11) is -10.7. The van der Waals surface area contributed by atoms with Crippen LogP contribution in [0.4, 0.5) is 36.8 Å². The third kappa shape index (κ3) is 22.1. The predicted molar refractivity (Wildman–Crippen MR) is 111 cm³/mol. The number of aryl methyl sites for hydroxylation is 1. The Balaban J connectivity index is 0. The number of hydrogen-bond donors (Lipinski definition) is 0. The molecule has 0 aliphatic rings. The van der Waals surface area contributed by atoms with E-state index in [2.05, 4.69) is 65.2 Å². The molecule has 0 bridgehead atoms. The summed E-state index contributed by atoms with van der Waals surface area (Å²) in [5.41, 5.74) is 2.76. The molecule has 4 nitrogen and oxygen atoms in total. The number of rotatable bonds is 3. The van der Waals surface area contributed by atoms with Gasteiger partial charge in [0.15, 0.2) is 11.6 Å². The van der Waals surface area contributed by atoms with Crippen molar-refractivity contribution in [3.63, 3.8) is 0 Å². The summed E-state index contributed by atoms with van der Waals surface area (Å²) in [5.74, 6) is 1.82. The first-order valence-corrected chi connectivity index (χ1v) is 11.0. The normalized spacial score (nSPS) is 12.5. The molecule has 0 aliphatic heterocycles. The fraction of sp³-hybridized carbons (Fsp3) is 0.200. The van der Waals surface area contributed by atoms with E-state index in [-0.39, 0.29) is 43.8 Å². The number of halogens is 7. The molecule has 0 N–H and O–H groups in total. The third-order valence-corrected chi connectivity index (χ3v) is 3.30. The summed E-state index contributed by atoms with van der Waals surface area (Å²) in [5, 5.41) is 7.86. The average molecular weight is 781 g/mol. The first kappa shape index (κ1) is 33.7. The van der Waals surface area contributed by atoms with Gasteiger partial charge in [0, 0.05) is 12.4 Å². The molecule has 0 spiro atoms.